The molecule has 1 saturated heterocycles. The Balaban J connectivity index is 2.03. The number of alkyl halides is 3. The lowest BCUT2D eigenvalue weighted by Gasteiger charge is -2.28. The van der Waals surface area contributed by atoms with Crippen LogP contribution < -0.4 is 0 Å². The number of likely N-dealkylation sites (tertiary alicyclic amines) is 1. The van der Waals surface area contributed by atoms with E-state index < -0.39 is 17.3 Å². The van der Waals surface area contributed by atoms with Crippen LogP contribution in [0, 0.1) is 5.92 Å². The number of carbonyl (C=O) groups is 1. The molecule has 2 atom stereocenters. The maximum atomic E-state index is 12.7. The molecule has 1 aliphatic heterocycles. The van der Waals surface area contributed by atoms with Crippen LogP contribution in [-0.2, 0) is 22.1 Å². The summed E-state index contributed by atoms with van der Waals surface area (Å²) in [5.41, 5.74) is -0.411. The fourth-order valence-corrected chi connectivity index (χ4v) is 3.22. The molecule has 1 fully saturated rings. The summed E-state index contributed by atoms with van der Waals surface area (Å²) in [4.78, 5) is 14.1. The molecule has 4 nitrogen and oxygen atoms in total. The molecule has 0 aliphatic carbocycles. The summed E-state index contributed by atoms with van der Waals surface area (Å²) in [6, 6.07) is 5.12. The summed E-state index contributed by atoms with van der Waals surface area (Å²) in [5, 5.41) is 0. The van der Waals surface area contributed by atoms with E-state index >= 15 is 0 Å². The molecule has 0 radical (unpaired) electrons. The number of hydrogen-bond donors (Lipinski definition) is 0. The van der Waals surface area contributed by atoms with Crippen molar-refractivity contribution in [2.24, 2.45) is 5.92 Å². The average Bonchev–Trinajstić information content (AvgIpc) is 2.88. The van der Waals surface area contributed by atoms with Crippen LogP contribution in [0.25, 0.3) is 0 Å². The first-order valence-corrected chi connectivity index (χ1v) is 8.64. The smallest absolute Gasteiger partial charge is 0.416 e. The van der Waals surface area contributed by atoms with Crippen molar-refractivity contribution >= 4 is 6.09 Å². The normalized spacial score (nSPS) is 21.1. The van der Waals surface area contributed by atoms with E-state index in [-0.39, 0.29) is 18.1 Å². The van der Waals surface area contributed by atoms with Crippen molar-refractivity contribution in [1.29, 1.82) is 0 Å². The van der Waals surface area contributed by atoms with Gasteiger partial charge in [-0.05, 0) is 57.2 Å². The van der Waals surface area contributed by atoms with E-state index in [0.717, 1.165) is 24.1 Å². The highest BCUT2D eigenvalue weighted by atomic mass is 19.4. The quantitative estimate of drug-likeness (QED) is 0.779. The van der Waals surface area contributed by atoms with Gasteiger partial charge in [0.1, 0.15) is 5.60 Å². The standard InChI is InChI=1S/C19H26F3NO3/c1-18(2,3)26-17(24)23-11-14(10-16(23)12-25-4)9-13-5-7-15(8-6-13)19(20,21)22/h5-8,14,16H,9-12H2,1-4H3/t14?,16-/m0/s1. The first kappa shape index (κ1) is 20.6. The lowest BCUT2D eigenvalue weighted by Crippen LogP contribution is -2.41. The topological polar surface area (TPSA) is 38.8 Å². The van der Waals surface area contributed by atoms with E-state index in [1.54, 1.807) is 12.0 Å². The molecule has 0 N–H and O–H groups in total. The molecule has 0 saturated carbocycles. The third-order valence-electron chi connectivity index (χ3n) is 4.29. The van der Waals surface area contributed by atoms with E-state index in [1.807, 2.05) is 20.8 Å². The summed E-state index contributed by atoms with van der Waals surface area (Å²) in [6.07, 6.45) is -3.37. The van der Waals surface area contributed by atoms with E-state index in [1.165, 1.54) is 12.1 Å². The minimum absolute atomic E-state index is 0.0886. The maximum Gasteiger partial charge on any atom is 0.416 e. The fraction of sp³-hybridized carbons (Fsp3) is 0.632. The first-order chi connectivity index (χ1) is 12.0. The number of carbonyl (C=O) groups excluding carboxylic acids is 1. The third-order valence-corrected chi connectivity index (χ3v) is 4.29. The molecular weight excluding hydrogens is 347 g/mol. The van der Waals surface area contributed by atoms with Crippen LogP contribution in [0.4, 0.5) is 18.0 Å². The largest absolute Gasteiger partial charge is 0.444 e. The summed E-state index contributed by atoms with van der Waals surface area (Å²) in [5.74, 6) is 0.152. The number of methoxy groups -OCH3 is 1. The Morgan fingerprint density at radius 3 is 2.31 bits per heavy atom. The minimum atomic E-state index is -4.33. The number of ether oxygens (including phenoxy) is 2. The number of rotatable bonds is 4. The zero-order chi connectivity index (χ0) is 19.5. The molecule has 0 aromatic heterocycles. The molecule has 1 aliphatic rings. The van der Waals surface area contributed by atoms with Gasteiger partial charge in [0.25, 0.3) is 0 Å². The average molecular weight is 373 g/mol. The Morgan fingerprint density at radius 1 is 1.19 bits per heavy atom. The van der Waals surface area contributed by atoms with Gasteiger partial charge in [-0.3, -0.25) is 0 Å². The van der Waals surface area contributed by atoms with Crippen LogP contribution in [0.2, 0.25) is 0 Å². The number of benzene rings is 1. The molecule has 0 spiro atoms. The van der Waals surface area contributed by atoms with Crippen molar-refractivity contribution in [2.45, 2.75) is 51.4 Å². The van der Waals surface area contributed by atoms with E-state index in [4.69, 9.17) is 9.47 Å². The van der Waals surface area contributed by atoms with Gasteiger partial charge in [0, 0.05) is 13.7 Å². The van der Waals surface area contributed by atoms with E-state index in [2.05, 4.69) is 0 Å². The van der Waals surface area contributed by atoms with Crippen molar-refractivity contribution in [3.63, 3.8) is 0 Å². The Hall–Kier alpha value is -1.76. The Kier molecular flexibility index (Phi) is 6.21. The molecule has 1 aromatic rings. The maximum absolute atomic E-state index is 12.7. The molecule has 26 heavy (non-hydrogen) atoms. The van der Waals surface area contributed by atoms with Crippen molar-refractivity contribution in [3.8, 4) is 0 Å². The zero-order valence-electron chi connectivity index (χ0n) is 15.6. The number of nitrogens with zero attached hydrogens (tertiary/aromatic N) is 1. The van der Waals surface area contributed by atoms with E-state index in [9.17, 15) is 18.0 Å². The predicted molar refractivity (Wildman–Crippen MR) is 91.9 cm³/mol. The molecular formula is C19H26F3NO3. The summed E-state index contributed by atoms with van der Waals surface area (Å²) in [6.45, 7) is 6.34. The zero-order valence-corrected chi connectivity index (χ0v) is 15.6. The fourth-order valence-electron chi connectivity index (χ4n) is 3.22. The summed E-state index contributed by atoms with van der Waals surface area (Å²) < 4.78 is 48.7. The van der Waals surface area contributed by atoms with Gasteiger partial charge in [-0.2, -0.15) is 13.2 Å². The van der Waals surface area contributed by atoms with Crippen LogP contribution in [0.1, 0.15) is 38.3 Å². The number of halogens is 3. The molecule has 146 valence electrons. The van der Waals surface area contributed by atoms with Crippen LogP contribution in [-0.4, -0.2) is 42.9 Å². The van der Waals surface area contributed by atoms with Gasteiger partial charge in [0.15, 0.2) is 0 Å². The van der Waals surface area contributed by atoms with Gasteiger partial charge >= 0.3 is 12.3 Å². The van der Waals surface area contributed by atoms with Gasteiger partial charge in [-0.1, -0.05) is 12.1 Å². The van der Waals surface area contributed by atoms with Crippen LogP contribution in [0.5, 0.6) is 0 Å². The number of amides is 1. The monoisotopic (exact) mass is 373 g/mol. The SMILES string of the molecule is COC[C@@H]1CC(Cc2ccc(C(F)(F)F)cc2)CN1C(=O)OC(C)(C)C. The second-order valence-electron chi connectivity index (χ2n) is 7.74. The highest BCUT2D eigenvalue weighted by Gasteiger charge is 2.37. The van der Waals surface area contributed by atoms with Crippen molar-refractivity contribution in [1.82, 2.24) is 4.90 Å². The van der Waals surface area contributed by atoms with Gasteiger partial charge in [-0.25, -0.2) is 4.79 Å². The minimum Gasteiger partial charge on any atom is -0.444 e. The molecule has 0 bridgehead atoms. The summed E-state index contributed by atoms with van der Waals surface area (Å²) >= 11 is 0. The Labute approximate surface area is 152 Å². The highest BCUT2D eigenvalue weighted by molar-refractivity contribution is 5.69. The molecule has 2 rings (SSSR count). The molecule has 1 heterocycles. The lowest BCUT2D eigenvalue weighted by atomic mass is 9.96. The molecule has 1 amide bonds. The Morgan fingerprint density at radius 2 is 1.81 bits per heavy atom. The predicted octanol–water partition coefficient (Wildman–Crippen LogP) is 4.52. The van der Waals surface area contributed by atoms with Crippen molar-refractivity contribution in [2.75, 3.05) is 20.3 Å². The van der Waals surface area contributed by atoms with Crippen molar-refractivity contribution < 1.29 is 27.4 Å². The van der Waals surface area contributed by atoms with Crippen LogP contribution in [0.3, 0.4) is 0 Å². The molecule has 1 aromatic carbocycles. The van der Waals surface area contributed by atoms with Gasteiger partial charge in [-0.15, -0.1) is 0 Å². The lowest BCUT2D eigenvalue weighted by molar-refractivity contribution is -0.137. The second kappa shape index (κ2) is 7.86. The number of hydrogen-bond acceptors (Lipinski definition) is 3. The van der Waals surface area contributed by atoms with Gasteiger partial charge in [0.2, 0.25) is 0 Å². The second-order valence-corrected chi connectivity index (χ2v) is 7.74. The third kappa shape index (κ3) is 5.62. The highest BCUT2D eigenvalue weighted by Crippen LogP contribution is 2.31. The molecule has 7 heteroatoms. The molecule has 1 unspecified atom stereocenters. The Bertz CT molecular complexity index is 608. The van der Waals surface area contributed by atoms with Gasteiger partial charge in [0.05, 0.1) is 18.2 Å². The van der Waals surface area contributed by atoms with Crippen molar-refractivity contribution in [3.05, 3.63) is 35.4 Å². The van der Waals surface area contributed by atoms with Crippen LogP contribution in [0.15, 0.2) is 24.3 Å². The first-order valence-electron chi connectivity index (χ1n) is 8.64. The van der Waals surface area contributed by atoms with Gasteiger partial charge < -0.3 is 14.4 Å². The van der Waals surface area contributed by atoms with E-state index in [0.29, 0.717) is 19.6 Å². The summed E-state index contributed by atoms with van der Waals surface area (Å²) in [7, 11) is 1.58. The van der Waals surface area contributed by atoms with Crippen LogP contribution >= 0.6 is 0 Å².